The van der Waals surface area contributed by atoms with Crippen molar-refractivity contribution in [2.75, 3.05) is 11.5 Å². The van der Waals surface area contributed by atoms with Crippen LogP contribution in [-0.2, 0) is 0 Å². The Balaban J connectivity index is 3.37. The molecule has 0 bridgehead atoms. The maximum atomic E-state index is 7.09. The van der Waals surface area contributed by atoms with E-state index in [2.05, 4.69) is 6.58 Å². The third-order valence-electron chi connectivity index (χ3n) is 1.66. The molecule has 0 saturated carbocycles. The number of nitrogens with two attached hydrogens (primary N) is 2. The number of rotatable bonds is 2. The number of anilines is 2. The van der Waals surface area contributed by atoms with Crippen LogP contribution in [0, 0.1) is 5.41 Å². The van der Waals surface area contributed by atoms with Crippen LogP contribution in [-0.4, -0.2) is 6.21 Å². The summed E-state index contributed by atoms with van der Waals surface area (Å²) in [6, 6.07) is 3.38. The highest BCUT2D eigenvalue weighted by molar-refractivity contribution is 5.87. The molecule has 0 aliphatic heterocycles. The van der Waals surface area contributed by atoms with Crippen LogP contribution in [0.15, 0.2) is 18.7 Å². The first-order valence-corrected chi connectivity index (χ1v) is 3.51. The smallest absolute Gasteiger partial charge is 0.0554 e. The molecule has 0 unspecified atom stereocenters. The van der Waals surface area contributed by atoms with Crippen molar-refractivity contribution in [1.82, 2.24) is 0 Å². The topological polar surface area (TPSA) is 75.9 Å². The van der Waals surface area contributed by atoms with Crippen molar-refractivity contribution in [2.45, 2.75) is 0 Å². The van der Waals surface area contributed by atoms with Gasteiger partial charge >= 0.3 is 0 Å². The van der Waals surface area contributed by atoms with Gasteiger partial charge in [0.25, 0.3) is 0 Å². The monoisotopic (exact) mass is 161 g/mol. The lowest BCUT2D eigenvalue weighted by Crippen LogP contribution is -1.97. The molecule has 1 aromatic rings. The van der Waals surface area contributed by atoms with Gasteiger partial charge in [-0.2, -0.15) is 0 Å². The van der Waals surface area contributed by atoms with Gasteiger partial charge in [-0.3, -0.25) is 0 Å². The molecule has 1 aromatic carbocycles. The summed E-state index contributed by atoms with van der Waals surface area (Å²) in [6.45, 7) is 3.61. The second kappa shape index (κ2) is 3.09. The van der Waals surface area contributed by atoms with E-state index in [1.54, 1.807) is 18.2 Å². The summed E-state index contributed by atoms with van der Waals surface area (Å²) in [7, 11) is 0. The molecule has 0 saturated heterocycles. The summed E-state index contributed by atoms with van der Waals surface area (Å²) in [6.07, 6.45) is 2.88. The molecule has 0 aliphatic carbocycles. The van der Waals surface area contributed by atoms with E-state index in [-0.39, 0.29) is 0 Å². The molecule has 0 spiro atoms. The van der Waals surface area contributed by atoms with Crippen LogP contribution in [0.5, 0.6) is 0 Å². The summed E-state index contributed by atoms with van der Waals surface area (Å²) in [5.74, 6) is 0. The molecule has 1 rings (SSSR count). The minimum atomic E-state index is 0.499. The minimum Gasteiger partial charge on any atom is -0.397 e. The fourth-order valence-corrected chi connectivity index (χ4v) is 0.970. The molecular weight excluding hydrogens is 150 g/mol. The SMILES string of the molecule is C=Cc1cc(N)c(N)cc1C=N. The van der Waals surface area contributed by atoms with Gasteiger partial charge in [-0.1, -0.05) is 12.7 Å². The largest absolute Gasteiger partial charge is 0.397 e. The highest BCUT2D eigenvalue weighted by Crippen LogP contribution is 2.20. The first-order chi connectivity index (χ1) is 5.69. The van der Waals surface area contributed by atoms with E-state index in [9.17, 15) is 0 Å². The van der Waals surface area contributed by atoms with Crippen LogP contribution >= 0.6 is 0 Å². The number of nitrogens with one attached hydrogen (secondary N) is 1. The van der Waals surface area contributed by atoms with Crippen LogP contribution < -0.4 is 11.5 Å². The third-order valence-corrected chi connectivity index (χ3v) is 1.66. The van der Waals surface area contributed by atoms with Crippen LogP contribution in [0.25, 0.3) is 6.08 Å². The van der Waals surface area contributed by atoms with Gasteiger partial charge in [0, 0.05) is 11.8 Å². The number of benzene rings is 1. The molecule has 0 aliphatic rings. The molecule has 0 aromatic heterocycles. The second-order valence-corrected chi connectivity index (χ2v) is 2.46. The molecule has 0 atom stereocenters. The van der Waals surface area contributed by atoms with Crippen LogP contribution in [0.4, 0.5) is 11.4 Å². The van der Waals surface area contributed by atoms with E-state index in [0.29, 0.717) is 11.4 Å². The molecule has 5 N–H and O–H groups in total. The normalized spacial score (nSPS) is 9.33. The lowest BCUT2D eigenvalue weighted by molar-refractivity contribution is 1.52. The summed E-state index contributed by atoms with van der Waals surface area (Å²) >= 11 is 0. The van der Waals surface area contributed by atoms with Gasteiger partial charge in [0.1, 0.15) is 0 Å². The first kappa shape index (κ1) is 8.33. The van der Waals surface area contributed by atoms with Gasteiger partial charge in [-0.05, 0) is 17.7 Å². The molecule has 3 nitrogen and oxygen atoms in total. The van der Waals surface area contributed by atoms with Crippen molar-refractivity contribution in [3.05, 3.63) is 29.8 Å². The second-order valence-electron chi connectivity index (χ2n) is 2.46. The fraction of sp³-hybridized carbons (Fsp3) is 0. The average Bonchev–Trinajstić information content (AvgIpc) is 2.09. The molecule has 0 fully saturated rings. The Hall–Kier alpha value is -1.77. The zero-order valence-electron chi connectivity index (χ0n) is 6.67. The van der Waals surface area contributed by atoms with E-state index >= 15 is 0 Å². The molecule has 12 heavy (non-hydrogen) atoms. The first-order valence-electron chi connectivity index (χ1n) is 3.51. The van der Waals surface area contributed by atoms with Crippen molar-refractivity contribution in [1.29, 1.82) is 5.41 Å². The molecule has 0 heterocycles. The predicted octanol–water partition coefficient (Wildman–Crippen LogP) is 1.49. The Kier molecular flexibility index (Phi) is 2.14. The maximum absolute atomic E-state index is 7.09. The molecule has 0 amide bonds. The van der Waals surface area contributed by atoms with Crippen molar-refractivity contribution >= 4 is 23.7 Å². The highest BCUT2D eigenvalue weighted by Gasteiger charge is 2.00. The van der Waals surface area contributed by atoms with Gasteiger partial charge in [-0.25, -0.2) is 0 Å². The third kappa shape index (κ3) is 1.29. The van der Waals surface area contributed by atoms with E-state index in [4.69, 9.17) is 16.9 Å². The van der Waals surface area contributed by atoms with Crippen molar-refractivity contribution in [2.24, 2.45) is 0 Å². The van der Waals surface area contributed by atoms with Crippen LogP contribution in [0.3, 0.4) is 0 Å². The Morgan fingerprint density at radius 2 is 1.67 bits per heavy atom. The Morgan fingerprint density at radius 1 is 1.17 bits per heavy atom. The minimum absolute atomic E-state index is 0.499. The standard InChI is InChI=1S/C9H11N3/c1-2-6-3-8(11)9(12)4-7(6)5-10/h2-5,10H,1,11-12H2. The zero-order valence-corrected chi connectivity index (χ0v) is 6.67. The Bertz CT molecular complexity index is 296. The number of hydrogen-bond donors (Lipinski definition) is 3. The molecule has 0 radical (unpaired) electrons. The zero-order chi connectivity index (χ0) is 9.14. The van der Waals surface area contributed by atoms with E-state index < -0.39 is 0 Å². The van der Waals surface area contributed by atoms with Gasteiger partial charge in [0.15, 0.2) is 0 Å². The average molecular weight is 161 g/mol. The van der Waals surface area contributed by atoms with E-state index in [1.165, 1.54) is 6.21 Å². The van der Waals surface area contributed by atoms with Crippen molar-refractivity contribution in [3.63, 3.8) is 0 Å². The maximum Gasteiger partial charge on any atom is 0.0554 e. The molecular formula is C9H11N3. The summed E-state index contributed by atoms with van der Waals surface area (Å²) in [5.41, 5.74) is 13.7. The highest BCUT2D eigenvalue weighted by atomic mass is 14.7. The van der Waals surface area contributed by atoms with Gasteiger partial charge in [0.05, 0.1) is 11.4 Å². The summed E-state index contributed by atoms with van der Waals surface area (Å²) < 4.78 is 0. The van der Waals surface area contributed by atoms with Crippen molar-refractivity contribution in [3.8, 4) is 0 Å². The van der Waals surface area contributed by atoms with Gasteiger partial charge in [0.2, 0.25) is 0 Å². The van der Waals surface area contributed by atoms with Crippen LogP contribution in [0.2, 0.25) is 0 Å². The van der Waals surface area contributed by atoms with Gasteiger partial charge < -0.3 is 16.9 Å². The summed E-state index contributed by atoms with van der Waals surface area (Å²) in [5, 5.41) is 7.09. The van der Waals surface area contributed by atoms with E-state index in [1.807, 2.05) is 0 Å². The lowest BCUT2D eigenvalue weighted by atomic mass is 10.1. The number of nitrogen functional groups attached to an aromatic ring is 2. The predicted molar refractivity (Wildman–Crippen MR) is 53.2 cm³/mol. The number of hydrogen-bond acceptors (Lipinski definition) is 3. The Morgan fingerprint density at radius 3 is 2.08 bits per heavy atom. The molecule has 3 heteroatoms. The van der Waals surface area contributed by atoms with Gasteiger partial charge in [-0.15, -0.1) is 0 Å². The molecule has 62 valence electrons. The quantitative estimate of drug-likeness (QED) is 0.454. The summed E-state index contributed by atoms with van der Waals surface area (Å²) in [4.78, 5) is 0. The van der Waals surface area contributed by atoms with E-state index in [0.717, 1.165) is 11.1 Å². The fourth-order valence-electron chi connectivity index (χ4n) is 0.970. The Labute approximate surface area is 71.2 Å². The van der Waals surface area contributed by atoms with Crippen LogP contribution in [0.1, 0.15) is 11.1 Å². The lowest BCUT2D eigenvalue weighted by Gasteiger charge is -2.04. The van der Waals surface area contributed by atoms with Crippen molar-refractivity contribution < 1.29 is 0 Å².